The summed E-state index contributed by atoms with van der Waals surface area (Å²) >= 11 is 3.39. The molecule has 0 spiro atoms. The highest BCUT2D eigenvalue weighted by molar-refractivity contribution is 9.10. The van der Waals surface area contributed by atoms with E-state index in [1.54, 1.807) is 42.5 Å². The molecule has 2 N–H and O–H groups in total. The van der Waals surface area contributed by atoms with Gasteiger partial charge in [-0.2, -0.15) is 5.10 Å². The van der Waals surface area contributed by atoms with E-state index in [-0.39, 0.29) is 17.9 Å². The molecule has 1 heterocycles. The van der Waals surface area contributed by atoms with Crippen molar-refractivity contribution in [1.29, 1.82) is 0 Å². The number of hydrogen-bond acceptors (Lipinski definition) is 6. The van der Waals surface area contributed by atoms with Gasteiger partial charge in [-0.05, 0) is 72.6 Å². The van der Waals surface area contributed by atoms with Gasteiger partial charge in [0, 0.05) is 9.86 Å². The minimum absolute atomic E-state index is 0.158. The smallest absolute Gasteiger partial charge is 0.335 e. The number of hydrogen-bond donors (Lipinski definition) is 2. The van der Waals surface area contributed by atoms with Gasteiger partial charge >= 0.3 is 11.9 Å². The predicted octanol–water partition coefficient (Wildman–Crippen LogP) is 5.64. The highest BCUT2D eigenvalue weighted by atomic mass is 79.9. The van der Waals surface area contributed by atoms with Crippen molar-refractivity contribution in [3.8, 4) is 11.5 Å². The minimum Gasteiger partial charge on any atom is -0.490 e. The largest absolute Gasteiger partial charge is 0.490 e. The Kier molecular flexibility index (Phi) is 7.47. The van der Waals surface area contributed by atoms with Crippen LogP contribution in [-0.2, 0) is 6.61 Å². The molecule has 1 aromatic heterocycles. The molecule has 0 fully saturated rings. The number of nitrogens with zero attached hydrogens (tertiary/aromatic N) is 1. The first kappa shape index (κ1) is 24.0. The summed E-state index contributed by atoms with van der Waals surface area (Å²) in [4.78, 5) is 23.4. The lowest BCUT2D eigenvalue weighted by atomic mass is 10.1. The van der Waals surface area contributed by atoms with E-state index in [0.29, 0.717) is 29.3 Å². The molecule has 0 saturated carbocycles. The van der Waals surface area contributed by atoms with Gasteiger partial charge in [0.15, 0.2) is 17.3 Å². The van der Waals surface area contributed by atoms with Gasteiger partial charge in [-0.1, -0.05) is 28.1 Å². The Hall–Kier alpha value is -4.11. The number of rotatable bonds is 9. The van der Waals surface area contributed by atoms with Crippen LogP contribution in [-0.4, -0.2) is 29.8 Å². The summed E-state index contributed by atoms with van der Waals surface area (Å²) in [6.07, 6.45) is 1.49. The molecule has 0 saturated heterocycles. The molecule has 0 bridgehead atoms. The third-order valence-corrected chi connectivity index (χ3v) is 5.44. The Morgan fingerprint density at radius 3 is 2.57 bits per heavy atom. The number of ether oxygens (including phenoxy) is 2. The normalized spacial score (nSPS) is 11.0. The SMILES string of the molecule is CCOc1cc(/C=N/NC(=O)c2cc3cc(Br)ccc3o2)ccc1OCc1ccc(C(=O)O)cc1. The Bertz CT molecular complexity index is 1390. The first-order chi connectivity index (χ1) is 16.9. The number of amides is 1. The van der Waals surface area contributed by atoms with E-state index in [2.05, 4.69) is 26.5 Å². The van der Waals surface area contributed by atoms with Crippen molar-refractivity contribution in [1.82, 2.24) is 5.43 Å². The van der Waals surface area contributed by atoms with Crippen LogP contribution in [0.15, 0.2) is 80.7 Å². The van der Waals surface area contributed by atoms with Gasteiger partial charge in [-0.3, -0.25) is 4.79 Å². The number of carboxylic acid groups (broad SMARTS) is 1. The molecule has 9 heteroatoms. The number of fused-ring (bicyclic) bond motifs is 1. The third-order valence-electron chi connectivity index (χ3n) is 4.94. The van der Waals surface area contributed by atoms with Crippen molar-refractivity contribution in [2.45, 2.75) is 13.5 Å². The maximum absolute atomic E-state index is 12.4. The lowest BCUT2D eigenvalue weighted by molar-refractivity contribution is 0.0696. The fraction of sp³-hybridized carbons (Fsp3) is 0.115. The lowest BCUT2D eigenvalue weighted by Gasteiger charge is -2.12. The molecule has 8 nitrogen and oxygen atoms in total. The summed E-state index contributed by atoms with van der Waals surface area (Å²) in [5, 5.41) is 13.8. The van der Waals surface area contributed by atoms with Crippen molar-refractivity contribution in [2.24, 2.45) is 5.10 Å². The fourth-order valence-corrected chi connectivity index (χ4v) is 3.62. The number of furan rings is 1. The summed E-state index contributed by atoms with van der Waals surface area (Å²) in [5.74, 6) is -0.232. The summed E-state index contributed by atoms with van der Waals surface area (Å²) in [7, 11) is 0. The van der Waals surface area contributed by atoms with Crippen LogP contribution in [0.2, 0.25) is 0 Å². The van der Waals surface area contributed by atoms with Crippen LogP contribution in [0.5, 0.6) is 11.5 Å². The monoisotopic (exact) mass is 536 g/mol. The number of benzene rings is 3. The van der Waals surface area contributed by atoms with Crippen molar-refractivity contribution in [3.63, 3.8) is 0 Å². The molecule has 178 valence electrons. The van der Waals surface area contributed by atoms with E-state index in [9.17, 15) is 9.59 Å². The highest BCUT2D eigenvalue weighted by Crippen LogP contribution is 2.29. The fourth-order valence-electron chi connectivity index (χ4n) is 3.24. The number of nitrogens with one attached hydrogen (secondary N) is 1. The van der Waals surface area contributed by atoms with Crippen LogP contribution >= 0.6 is 15.9 Å². The second kappa shape index (κ2) is 10.9. The second-order valence-corrected chi connectivity index (χ2v) is 8.34. The first-order valence-electron chi connectivity index (χ1n) is 10.7. The molecular formula is C26H21BrN2O6. The topological polar surface area (TPSA) is 110 Å². The Morgan fingerprint density at radius 1 is 1.03 bits per heavy atom. The van der Waals surface area contributed by atoms with E-state index in [1.807, 2.05) is 19.1 Å². The summed E-state index contributed by atoms with van der Waals surface area (Å²) in [6.45, 7) is 2.54. The Labute approximate surface area is 209 Å². The molecule has 4 rings (SSSR count). The molecule has 3 aromatic carbocycles. The molecular weight excluding hydrogens is 516 g/mol. The van der Waals surface area contributed by atoms with E-state index in [0.717, 1.165) is 15.4 Å². The molecule has 0 aliphatic carbocycles. The number of hydrazone groups is 1. The van der Waals surface area contributed by atoms with Gasteiger partial charge in [0.05, 0.1) is 18.4 Å². The van der Waals surface area contributed by atoms with Gasteiger partial charge < -0.3 is 19.0 Å². The van der Waals surface area contributed by atoms with E-state index >= 15 is 0 Å². The van der Waals surface area contributed by atoms with Crippen LogP contribution in [0.4, 0.5) is 0 Å². The third kappa shape index (κ3) is 6.07. The predicted molar refractivity (Wildman–Crippen MR) is 134 cm³/mol. The molecule has 35 heavy (non-hydrogen) atoms. The van der Waals surface area contributed by atoms with Crippen LogP contribution in [0.1, 0.15) is 39.0 Å². The van der Waals surface area contributed by atoms with Gasteiger partial charge in [0.2, 0.25) is 0 Å². The van der Waals surface area contributed by atoms with Crippen molar-refractivity contribution in [3.05, 3.63) is 93.7 Å². The van der Waals surface area contributed by atoms with Gasteiger partial charge in [-0.15, -0.1) is 0 Å². The van der Waals surface area contributed by atoms with Crippen LogP contribution in [0, 0.1) is 0 Å². The van der Waals surface area contributed by atoms with Crippen LogP contribution < -0.4 is 14.9 Å². The van der Waals surface area contributed by atoms with Gasteiger partial charge in [-0.25, -0.2) is 10.2 Å². The molecule has 1 amide bonds. The summed E-state index contributed by atoms with van der Waals surface area (Å²) in [6, 6.07) is 18.9. The maximum Gasteiger partial charge on any atom is 0.335 e. The lowest BCUT2D eigenvalue weighted by Crippen LogP contribution is -2.16. The van der Waals surface area contributed by atoms with E-state index < -0.39 is 11.9 Å². The Balaban J connectivity index is 1.40. The number of aromatic carboxylic acids is 1. The van der Waals surface area contributed by atoms with E-state index in [4.69, 9.17) is 19.0 Å². The summed E-state index contributed by atoms with van der Waals surface area (Å²) < 4.78 is 18.0. The van der Waals surface area contributed by atoms with E-state index in [1.165, 1.54) is 18.3 Å². The zero-order valence-corrected chi connectivity index (χ0v) is 20.2. The molecule has 0 aliphatic rings. The number of halogens is 1. The molecule has 0 unspecified atom stereocenters. The standard InChI is InChI=1S/C26H21BrN2O6/c1-2-33-23-11-17(5-9-22(23)34-15-16-3-6-18(7-4-16)26(31)32)14-28-29-25(30)24-13-19-12-20(27)8-10-21(19)35-24/h3-14H,2,15H2,1H3,(H,29,30)(H,31,32)/b28-14+. The van der Waals surface area contributed by atoms with Crippen LogP contribution in [0.25, 0.3) is 11.0 Å². The first-order valence-corrected chi connectivity index (χ1v) is 11.5. The van der Waals surface area contributed by atoms with Gasteiger partial charge in [0.1, 0.15) is 12.2 Å². The minimum atomic E-state index is -0.977. The average Bonchev–Trinajstić information content (AvgIpc) is 3.27. The van der Waals surface area contributed by atoms with Crippen molar-refractivity contribution >= 4 is 45.0 Å². The summed E-state index contributed by atoms with van der Waals surface area (Å²) in [5.41, 5.74) is 4.80. The molecule has 0 radical (unpaired) electrons. The number of carbonyl (C=O) groups is 2. The number of carbonyl (C=O) groups excluding carboxylic acids is 1. The highest BCUT2D eigenvalue weighted by Gasteiger charge is 2.12. The molecule has 4 aromatic rings. The molecule has 0 atom stereocenters. The van der Waals surface area contributed by atoms with Crippen molar-refractivity contribution < 1.29 is 28.6 Å². The number of carboxylic acids is 1. The quantitative estimate of drug-likeness (QED) is 0.211. The van der Waals surface area contributed by atoms with Crippen molar-refractivity contribution in [2.75, 3.05) is 6.61 Å². The van der Waals surface area contributed by atoms with Crippen LogP contribution in [0.3, 0.4) is 0 Å². The Morgan fingerprint density at radius 2 is 1.83 bits per heavy atom. The van der Waals surface area contributed by atoms with Gasteiger partial charge in [0.25, 0.3) is 0 Å². The second-order valence-electron chi connectivity index (χ2n) is 7.42. The average molecular weight is 537 g/mol. The zero-order chi connectivity index (χ0) is 24.8. The zero-order valence-electron chi connectivity index (χ0n) is 18.7. The maximum atomic E-state index is 12.4. The molecule has 0 aliphatic heterocycles.